The van der Waals surface area contributed by atoms with Gasteiger partial charge in [-0.3, -0.25) is 9.59 Å². The molecule has 0 fully saturated rings. The van der Waals surface area contributed by atoms with Crippen molar-refractivity contribution in [2.45, 2.75) is 12.5 Å². The molecule has 1 aromatic rings. The van der Waals surface area contributed by atoms with Crippen molar-refractivity contribution >= 4 is 11.9 Å². The topological polar surface area (TPSA) is 129 Å². The first kappa shape index (κ1) is 24.0. The van der Waals surface area contributed by atoms with Crippen LogP contribution in [-0.2, 0) is 30.2 Å². The smallest absolute Gasteiger partial charge is 0.320 e. The third kappa shape index (κ3) is 11.0. The predicted molar refractivity (Wildman–Crippen MR) is 102 cm³/mol. The molecule has 0 bridgehead atoms. The van der Waals surface area contributed by atoms with Crippen LogP contribution in [0.4, 0.5) is 0 Å². The van der Waals surface area contributed by atoms with Crippen molar-refractivity contribution in [2.24, 2.45) is 5.73 Å². The summed E-state index contributed by atoms with van der Waals surface area (Å²) in [5.74, 6) is -1.27. The molecule has 28 heavy (non-hydrogen) atoms. The van der Waals surface area contributed by atoms with Gasteiger partial charge in [-0.15, -0.1) is 0 Å². The van der Waals surface area contributed by atoms with Crippen molar-refractivity contribution < 1.29 is 33.6 Å². The minimum Gasteiger partial charge on any atom is -0.480 e. The first-order valence-electron chi connectivity index (χ1n) is 9.12. The van der Waals surface area contributed by atoms with Gasteiger partial charge in [0.15, 0.2) is 0 Å². The van der Waals surface area contributed by atoms with E-state index in [0.29, 0.717) is 58.4 Å². The second kappa shape index (κ2) is 14.9. The third-order valence-corrected chi connectivity index (χ3v) is 3.70. The molecule has 1 amide bonds. The summed E-state index contributed by atoms with van der Waals surface area (Å²) in [5.41, 5.74) is 6.74. The Hall–Kier alpha value is -2.04. The number of carboxylic acids is 1. The molecule has 158 valence electrons. The third-order valence-electron chi connectivity index (χ3n) is 3.70. The van der Waals surface area contributed by atoms with Crippen molar-refractivity contribution in [1.82, 2.24) is 5.32 Å². The van der Waals surface area contributed by atoms with Gasteiger partial charge >= 0.3 is 5.97 Å². The van der Waals surface area contributed by atoms with Crippen molar-refractivity contribution in [3.05, 3.63) is 35.4 Å². The molecular weight excluding hydrogens is 368 g/mol. The lowest BCUT2D eigenvalue weighted by atomic mass is 10.0. The number of nitrogens with two attached hydrogens (primary N) is 1. The second-order valence-electron chi connectivity index (χ2n) is 5.93. The molecule has 0 saturated carbocycles. The summed E-state index contributed by atoms with van der Waals surface area (Å²) in [7, 11) is 1.62. The van der Waals surface area contributed by atoms with E-state index in [-0.39, 0.29) is 12.3 Å². The van der Waals surface area contributed by atoms with Crippen LogP contribution < -0.4 is 11.1 Å². The van der Waals surface area contributed by atoms with E-state index >= 15 is 0 Å². The highest BCUT2D eigenvalue weighted by molar-refractivity contribution is 5.94. The lowest BCUT2D eigenvalue weighted by Gasteiger charge is -2.09. The van der Waals surface area contributed by atoms with Gasteiger partial charge in [0, 0.05) is 19.2 Å². The highest BCUT2D eigenvalue weighted by Crippen LogP contribution is 2.06. The van der Waals surface area contributed by atoms with E-state index in [4.69, 9.17) is 29.8 Å². The molecule has 1 rings (SSSR count). The van der Waals surface area contributed by atoms with Crippen LogP contribution in [0.15, 0.2) is 24.3 Å². The quantitative estimate of drug-likeness (QED) is 0.334. The number of hydrogen-bond donors (Lipinski definition) is 3. The van der Waals surface area contributed by atoms with Crippen LogP contribution in [0.5, 0.6) is 0 Å². The van der Waals surface area contributed by atoms with Crippen LogP contribution in [-0.4, -0.2) is 82.9 Å². The summed E-state index contributed by atoms with van der Waals surface area (Å²) < 4.78 is 20.8. The van der Waals surface area contributed by atoms with E-state index in [2.05, 4.69) is 5.32 Å². The number of ether oxygens (including phenoxy) is 4. The van der Waals surface area contributed by atoms with E-state index < -0.39 is 12.0 Å². The predicted octanol–water partition coefficient (Wildman–Crippen LogP) is 0.0670. The van der Waals surface area contributed by atoms with Gasteiger partial charge in [0.25, 0.3) is 5.91 Å². The normalized spacial score (nSPS) is 11.9. The fraction of sp³-hybridized carbons (Fsp3) is 0.579. The summed E-state index contributed by atoms with van der Waals surface area (Å²) in [6.45, 7) is 3.79. The molecule has 9 heteroatoms. The Morgan fingerprint density at radius 1 is 0.964 bits per heavy atom. The fourth-order valence-corrected chi connectivity index (χ4v) is 2.16. The Kier molecular flexibility index (Phi) is 12.8. The van der Waals surface area contributed by atoms with Gasteiger partial charge < -0.3 is 35.1 Å². The molecule has 0 spiro atoms. The molecule has 0 aliphatic heterocycles. The van der Waals surface area contributed by atoms with E-state index in [0.717, 1.165) is 5.56 Å². The Bertz CT molecular complexity index is 566. The van der Waals surface area contributed by atoms with Gasteiger partial charge in [0.2, 0.25) is 0 Å². The van der Waals surface area contributed by atoms with Crippen molar-refractivity contribution in [3.63, 3.8) is 0 Å². The average molecular weight is 398 g/mol. The number of benzene rings is 1. The minimum absolute atomic E-state index is 0.215. The first-order chi connectivity index (χ1) is 13.5. The molecule has 0 radical (unpaired) electrons. The van der Waals surface area contributed by atoms with Crippen LogP contribution >= 0.6 is 0 Å². The number of nitrogens with one attached hydrogen (secondary N) is 1. The summed E-state index contributed by atoms with van der Waals surface area (Å²) in [4.78, 5) is 22.8. The van der Waals surface area contributed by atoms with Crippen LogP contribution in [0.3, 0.4) is 0 Å². The summed E-state index contributed by atoms with van der Waals surface area (Å²) in [6, 6.07) is 5.73. The van der Waals surface area contributed by atoms with Crippen molar-refractivity contribution in [2.75, 3.05) is 59.9 Å². The largest absolute Gasteiger partial charge is 0.480 e. The molecule has 1 atom stereocenters. The molecule has 1 unspecified atom stereocenters. The number of amides is 1. The van der Waals surface area contributed by atoms with Gasteiger partial charge in [-0.1, -0.05) is 12.1 Å². The maximum atomic E-state index is 12.0. The zero-order valence-corrected chi connectivity index (χ0v) is 16.2. The average Bonchev–Trinajstić information content (AvgIpc) is 2.69. The second-order valence-corrected chi connectivity index (χ2v) is 5.93. The zero-order chi connectivity index (χ0) is 20.6. The van der Waals surface area contributed by atoms with Crippen molar-refractivity contribution in [1.29, 1.82) is 0 Å². The zero-order valence-electron chi connectivity index (χ0n) is 16.2. The van der Waals surface area contributed by atoms with Crippen LogP contribution in [0.2, 0.25) is 0 Å². The van der Waals surface area contributed by atoms with Crippen LogP contribution in [0.25, 0.3) is 0 Å². The van der Waals surface area contributed by atoms with Gasteiger partial charge in [0.1, 0.15) is 6.04 Å². The molecule has 4 N–H and O–H groups in total. The standard InChI is InChI=1S/C19H30N2O7/c1-25-8-9-27-12-13-28-11-10-26-7-6-21-18(22)16-4-2-15(3-5-16)14-17(20)19(23)24/h2-5,17H,6-14,20H2,1H3,(H,21,22)(H,23,24). The highest BCUT2D eigenvalue weighted by atomic mass is 16.6. The lowest BCUT2D eigenvalue weighted by molar-refractivity contribution is -0.138. The lowest BCUT2D eigenvalue weighted by Crippen LogP contribution is -2.32. The number of carboxylic acid groups (broad SMARTS) is 1. The molecule has 0 heterocycles. The molecular formula is C19H30N2O7. The summed E-state index contributed by atoms with van der Waals surface area (Å²) >= 11 is 0. The maximum Gasteiger partial charge on any atom is 0.320 e. The molecule has 0 aliphatic carbocycles. The minimum atomic E-state index is -1.05. The van der Waals surface area contributed by atoms with E-state index in [1.165, 1.54) is 0 Å². The Morgan fingerprint density at radius 2 is 1.50 bits per heavy atom. The molecule has 1 aromatic carbocycles. The van der Waals surface area contributed by atoms with Gasteiger partial charge in [-0.25, -0.2) is 0 Å². The summed E-state index contributed by atoms with van der Waals surface area (Å²) in [5, 5.41) is 11.6. The van der Waals surface area contributed by atoms with Crippen molar-refractivity contribution in [3.8, 4) is 0 Å². The molecule has 9 nitrogen and oxygen atoms in total. The monoisotopic (exact) mass is 398 g/mol. The number of carbonyl (C=O) groups excluding carboxylic acids is 1. The Labute approximate surface area is 165 Å². The first-order valence-corrected chi connectivity index (χ1v) is 9.12. The molecule has 0 aromatic heterocycles. The Balaban J connectivity index is 2.06. The Morgan fingerprint density at radius 3 is 2.04 bits per heavy atom. The van der Waals surface area contributed by atoms with Gasteiger partial charge in [0.05, 0.1) is 46.2 Å². The van der Waals surface area contributed by atoms with Gasteiger partial charge in [-0.2, -0.15) is 0 Å². The SMILES string of the molecule is COCCOCCOCCOCCNC(=O)c1ccc(CC(N)C(=O)O)cc1. The van der Waals surface area contributed by atoms with E-state index in [1.807, 2.05) is 0 Å². The number of hydrogen-bond acceptors (Lipinski definition) is 7. The highest BCUT2D eigenvalue weighted by Gasteiger charge is 2.12. The van der Waals surface area contributed by atoms with Crippen LogP contribution in [0, 0.1) is 0 Å². The van der Waals surface area contributed by atoms with Gasteiger partial charge in [-0.05, 0) is 24.1 Å². The van der Waals surface area contributed by atoms with E-state index in [1.54, 1.807) is 31.4 Å². The van der Waals surface area contributed by atoms with E-state index in [9.17, 15) is 9.59 Å². The molecule has 0 aliphatic rings. The summed E-state index contributed by atoms with van der Waals surface area (Å²) in [6.07, 6.45) is 0.215. The number of methoxy groups -OCH3 is 1. The number of carbonyl (C=O) groups is 2. The van der Waals surface area contributed by atoms with Crippen LogP contribution in [0.1, 0.15) is 15.9 Å². The molecule has 0 saturated heterocycles. The number of rotatable bonds is 16. The fourth-order valence-electron chi connectivity index (χ4n) is 2.16. The maximum absolute atomic E-state index is 12.0. The number of aliphatic carboxylic acids is 1.